The summed E-state index contributed by atoms with van der Waals surface area (Å²) in [5.74, 6) is 0.818. The molecule has 0 bridgehead atoms. The van der Waals surface area contributed by atoms with Gasteiger partial charge in [0.25, 0.3) is 0 Å². The third-order valence-corrected chi connectivity index (χ3v) is 8.03. The van der Waals surface area contributed by atoms with Crippen molar-refractivity contribution in [1.82, 2.24) is 19.6 Å². The van der Waals surface area contributed by atoms with Crippen LogP contribution in [0.1, 0.15) is 19.8 Å². The molecule has 39 heavy (non-hydrogen) atoms. The van der Waals surface area contributed by atoms with Crippen LogP contribution in [0.2, 0.25) is 0 Å². The quantitative estimate of drug-likeness (QED) is 0.316. The number of piperazine rings is 2. The van der Waals surface area contributed by atoms with Crippen LogP contribution in [0.25, 0.3) is 0 Å². The fourth-order valence-electron chi connectivity index (χ4n) is 5.45. The Labute approximate surface area is 232 Å². The summed E-state index contributed by atoms with van der Waals surface area (Å²) in [5.41, 5.74) is 3.29. The van der Waals surface area contributed by atoms with Crippen LogP contribution in [0.15, 0.2) is 65.8 Å². The molecule has 1 saturated carbocycles. The molecule has 9 heteroatoms. The van der Waals surface area contributed by atoms with E-state index in [0.717, 1.165) is 69.0 Å². The lowest BCUT2D eigenvalue weighted by atomic mass is 10.1. The molecular weight excluding hydrogens is 490 g/mol. The molecule has 4 aliphatic rings. The minimum Gasteiger partial charge on any atom is -0.369 e. The number of aliphatic imine (C=N–C) groups is 1. The summed E-state index contributed by atoms with van der Waals surface area (Å²) in [6.45, 7) is 15.0. The standard InChI is InChI=1S/C30H41N7O2/c1-3-29(38)36-15-12-33(13-16-36)14-17-37-23-25(4-11-30(37)39)22-31-24(2)32-26-5-7-27(8-6-26)34-18-20-35(21-19-34)28-9-10-28/h3-8,11,22,28H,1,9-10,12-21,23H2,2H3,(H,31,32)/b25-22-. The molecule has 1 aliphatic carbocycles. The van der Waals surface area contributed by atoms with E-state index in [-0.39, 0.29) is 11.8 Å². The summed E-state index contributed by atoms with van der Waals surface area (Å²) in [4.78, 5) is 39.9. The van der Waals surface area contributed by atoms with Gasteiger partial charge >= 0.3 is 0 Å². The first kappa shape index (κ1) is 27.1. The van der Waals surface area contributed by atoms with Crippen LogP contribution in [0.4, 0.5) is 11.4 Å². The highest BCUT2D eigenvalue weighted by atomic mass is 16.2. The molecular formula is C30H41N7O2. The third kappa shape index (κ3) is 7.36. The zero-order chi connectivity index (χ0) is 27.2. The van der Waals surface area contributed by atoms with Crippen LogP contribution in [-0.4, -0.2) is 115 Å². The Morgan fingerprint density at radius 3 is 2.38 bits per heavy atom. The highest BCUT2D eigenvalue weighted by molar-refractivity contribution is 5.94. The van der Waals surface area contributed by atoms with Gasteiger partial charge in [-0.1, -0.05) is 12.7 Å². The van der Waals surface area contributed by atoms with Crippen LogP contribution in [0.3, 0.4) is 0 Å². The molecule has 208 valence electrons. The molecule has 0 unspecified atom stereocenters. The summed E-state index contributed by atoms with van der Waals surface area (Å²) >= 11 is 0. The van der Waals surface area contributed by atoms with E-state index in [2.05, 4.69) is 55.9 Å². The van der Waals surface area contributed by atoms with Crippen molar-refractivity contribution in [2.75, 3.05) is 82.2 Å². The third-order valence-electron chi connectivity index (χ3n) is 8.03. The lowest BCUT2D eigenvalue weighted by Crippen LogP contribution is -2.50. The zero-order valence-electron chi connectivity index (χ0n) is 23.1. The monoisotopic (exact) mass is 531 g/mol. The number of amidine groups is 1. The summed E-state index contributed by atoms with van der Waals surface area (Å²) in [6, 6.07) is 9.45. The van der Waals surface area contributed by atoms with Crippen molar-refractivity contribution in [2.24, 2.45) is 4.99 Å². The molecule has 9 nitrogen and oxygen atoms in total. The SMILES string of the molecule is C=CC(=O)N1CCN(CCN2C/C(=C\N=C(C)Nc3ccc(N4CCN(C5CC5)CC4)cc3)C=CC2=O)CC1. The minimum absolute atomic E-state index is 0.0132. The van der Waals surface area contributed by atoms with Gasteiger partial charge in [0.2, 0.25) is 11.8 Å². The minimum atomic E-state index is -0.0132. The van der Waals surface area contributed by atoms with E-state index >= 15 is 0 Å². The predicted octanol–water partition coefficient (Wildman–Crippen LogP) is 2.41. The largest absolute Gasteiger partial charge is 0.369 e. The first-order valence-corrected chi connectivity index (χ1v) is 14.2. The van der Waals surface area contributed by atoms with Crippen LogP contribution >= 0.6 is 0 Å². The summed E-state index contributed by atoms with van der Waals surface area (Å²) in [6.07, 6.45) is 9.44. The highest BCUT2D eigenvalue weighted by Crippen LogP contribution is 2.28. The van der Waals surface area contributed by atoms with Crippen molar-refractivity contribution in [3.05, 3.63) is 60.8 Å². The highest BCUT2D eigenvalue weighted by Gasteiger charge is 2.31. The van der Waals surface area contributed by atoms with E-state index in [1.807, 2.05) is 29.0 Å². The van der Waals surface area contributed by atoms with E-state index in [4.69, 9.17) is 0 Å². The van der Waals surface area contributed by atoms with Crippen molar-refractivity contribution < 1.29 is 9.59 Å². The average Bonchev–Trinajstić information content (AvgIpc) is 3.82. The fraction of sp³-hybridized carbons (Fsp3) is 0.500. The maximum Gasteiger partial charge on any atom is 0.246 e. The molecule has 3 heterocycles. The number of nitrogens with zero attached hydrogens (tertiary/aromatic N) is 6. The van der Waals surface area contributed by atoms with Crippen molar-refractivity contribution in [3.8, 4) is 0 Å². The van der Waals surface area contributed by atoms with E-state index < -0.39 is 0 Å². The van der Waals surface area contributed by atoms with Crippen LogP contribution in [-0.2, 0) is 9.59 Å². The molecule has 2 saturated heterocycles. The van der Waals surface area contributed by atoms with Gasteiger partial charge in [-0.25, -0.2) is 4.99 Å². The molecule has 5 rings (SSSR count). The van der Waals surface area contributed by atoms with Crippen molar-refractivity contribution in [3.63, 3.8) is 0 Å². The van der Waals surface area contributed by atoms with Gasteiger partial charge in [0.15, 0.2) is 0 Å². The smallest absolute Gasteiger partial charge is 0.246 e. The molecule has 3 fully saturated rings. The number of carbonyl (C=O) groups excluding carboxylic acids is 2. The Bertz CT molecular complexity index is 1120. The number of anilines is 2. The Hall–Kier alpha value is -3.43. The lowest BCUT2D eigenvalue weighted by Gasteiger charge is -2.36. The zero-order valence-corrected chi connectivity index (χ0v) is 23.1. The van der Waals surface area contributed by atoms with Gasteiger partial charge in [-0.3, -0.25) is 19.4 Å². The molecule has 0 aromatic heterocycles. The van der Waals surface area contributed by atoms with Gasteiger partial charge in [-0.05, 0) is 55.7 Å². The van der Waals surface area contributed by atoms with Crippen LogP contribution in [0, 0.1) is 0 Å². The Kier molecular flexibility index (Phi) is 8.78. The number of rotatable bonds is 8. The molecule has 0 radical (unpaired) electrons. The molecule has 1 N–H and O–H groups in total. The lowest BCUT2D eigenvalue weighted by molar-refractivity contribution is -0.127. The van der Waals surface area contributed by atoms with Gasteiger partial charge in [0.05, 0.1) is 0 Å². The van der Waals surface area contributed by atoms with Gasteiger partial charge < -0.3 is 20.0 Å². The topological polar surface area (TPSA) is 74.7 Å². The second-order valence-electron chi connectivity index (χ2n) is 10.8. The van der Waals surface area contributed by atoms with Gasteiger partial charge in [0, 0.05) is 102 Å². The van der Waals surface area contributed by atoms with Crippen LogP contribution < -0.4 is 10.2 Å². The Morgan fingerprint density at radius 2 is 1.72 bits per heavy atom. The molecule has 3 aliphatic heterocycles. The fourth-order valence-corrected chi connectivity index (χ4v) is 5.45. The molecule has 0 atom stereocenters. The second kappa shape index (κ2) is 12.6. The van der Waals surface area contributed by atoms with E-state index in [0.29, 0.717) is 26.2 Å². The maximum atomic E-state index is 12.4. The Balaban J connectivity index is 1.07. The normalized spacial score (nSPS) is 22.5. The number of hydrogen-bond donors (Lipinski definition) is 1. The summed E-state index contributed by atoms with van der Waals surface area (Å²) in [7, 11) is 0. The van der Waals surface area contributed by atoms with Crippen molar-refractivity contribution >= 4 is 29.0 Å². The first-order chi connectivity index (χ1) is 19.0. The average molecular weight is 532 g/mol. The molecule has 2 amide bonds. The molecule has 1 aromatic rings. The number of carbonyl (C=O) groups is 2. The van der Waals surface area contributed by atoms with Crippen molar-refractivity contribution in [1.29, 1.82) is 0 Å². The number of nitrogens with one attached hydrogen (secondary N) is 1. The van der Waals surface area contributed by atoms with Gasteiger partial charge in [0.1, 0.15) is 5.84 Å². The summed E-state index contributed by atoms with van der Waals surface area (Å²) < 4.78 is 0. The number of benzene rings is 1. The summed E-state index contributed by atoms with van der Waals surface area (Å²) in [5, 5.41) is 3.38. The molecule has 1 aromatic carbocycles. The van der Waals surface area contributed by atoms with E-state index in [9.17, 15) is 9.59 Å². The first-order valence-electron chi connectivity index (χ1n) is 14.2. The predicted molar refractivity (Wildman–Crippen MR) is 157 cm³/mol. The van der Waals surface area contributed by atoms with E-state index in [1.165, 1.54) is 24.6 Å². The molecule has 0 spiro atoms. The second-order valence-corrected chi connectivity index (χ2v) is 10.8. The van der Waals surface area contributed by atoms with Gasteiger partial charge in [-0.2, -0.15) is 0 Å². The van der Waals surface area contributed by atoms with E-state index in [1.54, 1.807) is 6.08 Å². The van der Waals surface area contributed by atoms with Crippen LogP contribution in [0.5, 0.6) is 0 Å². The maximum absolute atomic E-state index is 12.4. The number of amides is 2. The Morgan fingerprint density at radius 1 is 1.00 bits per heavy atom. The number of hydrogen-bond acceptors (Lipinski definition) is 6. The van der Waals surface area contributed by atoms with Gasteiger partial charge in [-0.15, -0.1) is 0 Å². The van der Waals surface area contributed by atoms with Crippen molar-refractivity contribution in [2.45, 2.75) is 25.8 Å².